The Morgan fingerprint density at radius 3 is 2.54 bits per heavy atom. The fraction of sp³-hybridized carbons (Fsp3) is 0.105. The van der Waals surface area contributed by atoms with Gasteiger partial charge >= 0.3 is 5.97 Å². The van der Waals surface area contributed by atoms with Crippen molar-refractivity contribution >= 4 is 34.8 Å². The Morgan fingerprint density at radius 2 is 1.88 bits per heavy atom. The number of carboxylic acids is 1. The van der Waals surface area contributed by atoms with Gasteiger partial charge in [0.2, 0.25) is 0 Å². The van der Waals surface area contributed by atoms with Crippen LogP contribution in [0.1, 0.15) is 32.0 Å². The van der Waals surface area contributed by atoms with E-state index in [2.05, 4.69) is 4.99 Å². The number of rotatable bonds is 4. The molecule has 0 bridgehead atoms. The summed E-state index contributed by atoms with van der Waals surface area (Å²) in [4.78, 5) is 28.2. The number of carbonyl (C=O) groups excluding carboxylic acids is 1. The van der Waals surface area contributed by atoms with E-state index in [0.717, 1.165) is 11.3 Å². The molecule has 2 aromatic carbocycles. The van der Waals surface area contributed by atoms with Crippen molar-refractivity contribution in [1.82, 2.24) is 4.57 Å². The maximum atomic E-state index is 12.4. The lowest BCUT2D eigenvalue weighted by Gasteiger charge is -2.07. The smallest absolute Gasteiger partial charge is 0.335 e. The molecule has 3 rings (SSSR count). The summed E-state index contributed by atoms with van der Waals surface area (Å²) in [5, 5.41) is 11.4. The van der Waals surface area contributed by atoms with Crippen LogP contribution >= 0.6 is 22.9 Å². The first kappa shape index (κ1) is 18.1. The number of thiazole rings is 1. The Labute approximate surface area is 158 Å². The first-order valence-electron chi connectivity index (χ1n) is 7.76. The molecule has 7 heteroatoms. The lowest BCUT2D eigenvalue weighted by atomic mass is 10.1. The van der Waals surface area contributed by atoms with Crippen LogP contribution in [-0.2, 0) is 6.54 Å². The Kier molecular flexibility index (Phi) is 5.35. The third-order valence-corrected chi connectivity index (χ3v) is 5.02. The number of aromatic carboxylic acids is 1. The fourth-order valence-electron chi connectivity index (χ4n) is 2.40. The molecular weight excluding hydrogens is 372 g/mol. The summed E-state index contributed by atoms with van der Waals surface area (Å²) in [5.74, 6) is -1.32. The van der Waals surface area contributed by atoms with Crippen LogP contribution in [0.15, 0.2) is 58.9 Å². The number of hydrogen-bond acceptors (Lipinski definition) is 3. The van der Waals surface area contributed by atoms with E-state index >= 15 is 0 Å². The third kappa shape index (κ3) is 4.09. The van der Waals surface area contributed by atoms with Crippen LogP contribution < -0.4 is 4.80 Å². The summed E-state index contributed by atoms with van der Waals surface area (Å²) in [5.41, 5.74) is 2.56. The highest BCUT2D eigenvalue weighted by Gasteiger charge is 2.08. The van der Waals surface area contributed by atoms with Crippen molar-refractivity contribution in [3.63, 3.8) is 0 Å². The van der Waals surface area contributed by atoms with Gasteiger partial charge in [0.1, 0.15) is 0 Å². The van der Waals surface area contributed by atoms with Crippen LogP contribution in [0.2, 0.25) is 5.02 Å². The molecule has 5 nitrogen and oxygen atoms in total. The highest BCUT2D eigenvalue weighted by Crippen LogP contribution is 2.12. The number of amides is 1. The maximum Gasteiger partial charge on any atom is 0.335 e. The number of hydrogen-bond donors (Lipinski definition) is 1. The van der Waals surface area contributed by atoms with E-state index in [1.54, 1.807) is 48.5 Å². The largest absolute Gasteiger partial charge is 0.478 e. The van der Waals surface area contributed by atoms with Crippen LogP contribution in [0.5, 0.6) is 0 Å². The summed E-state index contributed by atoms with van der Waals surface area (Å²) in [7, 11) is 0. The predicted molar refractivity (Wildman–Crippen MR) is 101 cm³/mol. The normalized spacial score (nSPS) is 11.5. The molecule has 0 atom stereocenters. The average Bonchev–Trinajstić information content (AvgIpc) is 2.95. The number of carbonyl (C=O) groups is 2. The van der Waals surface area contributed by atoms with Gasteiger partial charge in [0.25, 0.3) is 5.91 Å². The number of aryl methyl sites for hydroxylation is 1. The van der Waals surface area contributed by atoms with Crippen LogP contribution in [0.3, 0.4) is 0 Å². The van der Waals surface area contributed by atoms with Gasteiger partial charge in [0.05, 0.1) is 12.1 Å². The molecule has 1 heterocycles. The van der Waals surface area contributed by atoms with Crippen molar-refractivity contribution in [2.45, 2.75) is 13.5 Å². The van der Waals surface area contributed by atoms with E-state index in [-0.39, 0.29) is 11.5 Å². The molecule has 132 valence electrons. The van der Waals surface area contributed by atoms with Crippen LogP contribution in [-0.4, -0.2) is 21.6 Å². The molecule has 0 unspecified atom stereocenters. The van der Waals surface area contributed by atoms with Gasteiger partial charge in [0.15, 0.2) is 4.80 Å². The summed E-state index contributed by atoms with van der Waals surface area (Å²) >= 11 is 7.31. The SMILES string of the molecule is Cc1csc(=NC(=O)c2cccc(Cl)c2)n1Cc1ccc(C(=O)O)cc1. The number of halogens is 1. The lowest BCUT2D eigenvalue weighted by molar-refractivity contribution is 0.0696. The molecule has 1 aromatic heterocycles. The highest BCUT2D eigenvalue weighted by molar-refractivity contribution is 7.07. The zero-order valence-electron chi connectivity index (χ0n) is 13.8. The van der Waals surface area contributed by atoms with Crippen molar-refractivity contribution in [2.75, 3.05) is 0 Å². The summed E-state index contributed by atoms with van der Waals surface area (Å²) in [6, 6.07) is 13.3. The quantitative estimate of drug-likeness (QED) is 0.736. The minimum atomic E-state index is -0.960. The topological polar surface area (TPSA) is 71.7 Å². The zero-order chi connectivity index (χ0) is 18.7. The molecule has 1 amide bonds. The first-order chi connectivity index (χ1) is 12.4. The maximum absolute atomic E-state index is 12.4. The molecule has 0 saturated heterocycles. The average molecular weight is 387 g/mol. The molecule has 0 radical (unpaired) electrons. The van der Waals surface area contributed by atoms with Crippen molar-refractivity contribution in [3.8, 4) is 0 Å². The van der Waals surface area contributed by atoms with Gasteiger partial charge in [-0.05, 0) is 42.8 Å². The zero-order valence-corrected chi connectivity index (χ0v) is 15.4. The van der Waals surface area contributed by atoms with Gasteiger partial charge < -0.3 is 9.67 Å². The van der Waals surface area contributed by atoms with Crippen molar-refractivity contribution < 1.29 is 14.7 Å². The Hall–Kier alpha value is -2.70. The van der Waals surface area contributed by atoms with Crippen molar-refractivity contribution in [3.05, 3.63) is 86.1 Å². The number of benzene rings is 2. The number of nitrogens with zero attached hydrogens (tertiary/aromatic N) is 2. The molecule has 0 aliphatic carbocycles. The second-order valence-electron chi connectivity index (χ2n) is 5.68. The Balaban J connectivity index is 1.91. The molecule has 26 heavy (non-hydrogen) atoms. The second-order valence-corrected chi connectivity index (χ2v) is 6.95. The van der Waals surface area contributed by atoms with E-state index in [4.69, 9.17) is 16.7 Å². The molecule has 1 N–H and O–H groups in total. The van der Waals surface area contributed by atoms with E-state index < -0.39 is 5.97 Å². The van der Waals surface area contributed by atoms with Crippen LogP contribution in [0, 0.1) is 6.92 Å². The van der Waals surface area contributed by atoms with Crippen LogP contribution in [0.25, 0.3) is 0 Å². The molecule has 3 aromatic rings. The fourth-order valence-corrected chi connectivity index (χ4v) is 3.47. The van der Waals surface area contributed by atoms with Gasteiger partial charge in [-0.15, -0.1) is 11.3 Å². The van der Waals surface area contributed by atoms with E-state index in [1.165, 1.54) is 11.3 Å². The van der Waals surface area contributed by atoms with Gasteiger partial charge in [-0.2, -0.15) is 4.99 Å². The van der Waals surface area contributed by atoms with Gasteiger partial charge in [-0.25, -0.2) is 4.79 Å². The van der Waals surface area contributed by atoms with E-state index in [0.29, 0.717) is 21.9 Å². The molecule has 0 spiro atoms. The summed E-state index contributed by atoms with van der Waals surface area (Å²) in [6.45, 7) is 2.43. The molecular formula is C19H15ClN2O3S. The third-order valence-electron chi connectivity index (χ3n) is 3.80. The van der Waals surface area contributed by atoms with Crippen LogP contribution in [0.4, 0.5) is 0 Å². The summed E-state index contributed by atoms with van der Waals surface area (Å²) < 4.78 is 1.92. The Morgan fingerprint density at radius 1 is 1.15 bits per heavy atom. The van der Waals surface area contributed by atoms with Crippen molar-refractivity contribution in [2.24, 2.45) is 4.99 Å². The molecule has 0 fully saturated rings. The second kappa shape index (κ2) is 7.68. The van der Waals surface area contributed by atoms with E-state index in [9.17, 15) is 9.59 Å². The lowest BCUT2D eigenvalue weighted by Crippen LogP contribution is -2.19. The van der Waals surface area contributed by atoms with Gasteiger partial charge in [0, 0.05) is 21.7 Å². The standard InChI is InChI=1S/C19H15ClN2O3S/c1-12-11-26-19(21-17(23)15-3-2-4-16(20)9-15)22(12)10-13-5-7-14(8-6-13)18(24)25/h2-9,11H,10H2,1H3,(H,24,25). The number of aromatic nitrogens is 1. The summed E-state index contributed by atoms with van der Waals surface area (Å²) in [6.07, 6.45) is 0. The first-order valence-corrected chi connectivity index (χ1v) is 9.01. The highest BCUT2D eigenvalue weighted by atomic mass is 35.5. The minimum Gasteiger partial charge on any atom is -0.478 e. The molecule has 0 aliphatic rings. The minimum absolute atomic E-state index is 0.238. The molecule has 0 aliphatic heterocycles. The predicted octanol–water partition coefficient (Wildman–Crippen LogP) is 4.00. The van der Waals surface area contributed by atoms with E-state index in [1.807, 2.05) is 16.9 Å². The van der Waals surface area contributed by atoms with Crippen molar-refractivity contribution in [1.29, 1.82) is 0 Å². The Bertz CT molecular complexity index is 1040. The monoisotopic (exact) mass is 386 g/mol. The van der Waals surface area contributed by atoms with Gasteiger partial charge in [-0.3, -0.25) is 4.79 Å². The molecule has 0 saturated carbocycles. The number of carboxylic acid groups (broad SMARTS) is 1. The van der Waals surface area contributed by atoms with Gasteiger partial charge in [-0.1, -0.05) is 29.8 Å².